The summed E-state index contributed by atoms with van der Waals surface area (Å²) in [6.45, 7) is 0. The molecule has 0 radical (unpaired) electrons. The maximum absolute atomic E-state index is 12.3. The van der Waals surface area contributed by atoms with E-state index in [0.717, 1.165) is 18.4 Å². The molecule has 1 aliphatic rings. The molecule has 0 heterocycles. The lowest BCUT2D eigenvalue weighted by molar-refractivity contribution is 0.0909. The fraction of sp³-hybridized carbons (Fsp3) is 0.500. The van der Waals surface area contributed by atoms with E-state index in [-0.39, 0.29) is 11.7 Å². The lowest BCUT2D eigenvalue weighted by Crippen LogP contribution is -2.15. The highest BCUT2D eigenvalue weighted by molar-refractivity contribution is 6.02. The summed E-state index contributed by atoms with van der Waals surface area (Å²) < 4.78 is 0. The smallest absolute Gasteiger partial charge is 0.168 e. The molecule has 1 fully saturated rings. The molecule has 1 saturated carbocycles. The zero-order chi connectivity index (χ0) is 11.4. The Balaban J connectivity index is 2.14. The predicted octanol–water partition coefficient (Wildman–Crippen LogP) is 3.42. The van der Waals surface area contributed by atoms with Crippen LogP contribution < -0.4 is 5.73 Å². The minimum absolute atomic E-state index is 0.201. The summed E-state index contributed by atoms with van der Waals surface area (Å²) in [5, 5.41) is 0. The van der Waals surface area contributed by atoms with Gasteiger partial charge >= 0.3 is 0 Å². The van der Waals surface area contributed by atoms with E-state index in [1.165, 1.54) is 25.7 Å². The first-order valence-electron chi connectivity index (χ1n) is 6.18. The number of ketones is 1. The Bertz CT molecular complexity index is 365. The summed E-state index contributed by atoms with van der Waals surface area (Å²) in [4.78, 5) is 12.3. The first kappa shape index (κ1) is 11.2. The number of hydrogen-bond donors (Lipinski definition) is 1. The van der Waals surface area contributed by atoms with Crippen molar-refractivity contribution in [3.8, 4) is 0 Å². The fourth-order valence-corrected chi connectivity index (χ4v) is 2.48. The third kappa shape index (κ3) is 2.43. The normalized spacial score (nSPS) is 18.0. The van der Waals surface area contributed by atoms with Crippen LogP contribution in [0, 0.1) is 5.92 Å². The molecule has 0 spiro atoms. The highest BCUT2D eigenvalue weighted by Gasteiger charge is 2.22. The molecule has 0 aliphatic heterocycles. The average molecular weight is 217 g/mol. The number of para-hydroxylation sites is 1. The number of rotatable bonds is 2. The van der Waals surface area contributed by atoms with Crippen LogP contribution in [0.5, 0.6) is 0 Å². The van der Waals surface area contributed by atoms with Gasteiger partial charge in [0.1, 0.15) is 0 Å². The molecule has 0 unspecified atom stereocenters. The number of benzene rings is 1. The number of nitrogens with two attached hydrogens (primary N) is 1. The summed E-state index contributed by atoms with van der Waals surface area (Å²) >= 11 is 0. The number of carbonyl (C=O) groups is 1. The Labute approximate surface area is 96.8 Å². The van der Waals surface area contributed by atoms with Crippen molar-refractivity contribution in [2.45, 2.75) is 38.5 Å². The van der Waals surface area contributed by atoms with Crippen LogP contribution in [-0.4, -0.2) is 5.78 Å². The van der Waals surface area contributed by atoms with Crippen molar-refractivity contribution >= 4 is 11.5 Å². The van der Waals surface area contributed by atoms with Crippen LogP contribution in [0.4, 0.5) is 5.69 Å². The van der Waals surface area contributed by atoms with Crippen molar-refractivity contribution < 1.29 is 4.79 Å². The lowest BCUT2D eigenvalue weighted by Gasteiger charge is -2.13. The van der Waals surface area contributed by atoms with E-state index >= 15 is 0 Å². The van der Waals surface area contributed by atoms with E-state index in [1.54, 1.807) is 0 Å². The van der Waals surface area contributed by atoms with Gasteiger partial charge in [-0.2, -0.15) is 0 Å². The van der Waals surface area contributed by atoms with Gasteiger partial charge in [-0.05, 0) is 25.0 Å². The monoisotopic (exact) mass is 217 g/mol. The van der Waals surface area contributed by atoms with Gasteiger partial charge in [0.15, 0.2) is 5.78 Å². The average Bonchev–Trinajstić information content (AvgIpc) is 2.57. The maximum Gasteiger partial charge on any atom is 0.168 e. The first-order valence-corrected chi connectivity index (χ1v) is 6.18. The number of hydrogen-bond acceptors (Lipinski definition) is 2. The molecular weight excluding hydrogens is 198 g/mol. The molecule has 1 aromatic rings. The summed E-state index contributed by atoms with van der Waals surface area (Å²) in [5.41, 5.74) is 7.19. The van der Waals surface area contributed by atoms with E-state index in [9.17, 15) is 4.79 Å². The quantitative estimate of drug-likeness (QED) is 0.468. The van der Waals surface area contributed by atoms with Gasteiger partial charge in [-0.1, -0.05) is 37.8 Å². The van der Waals surface area contributed by atoms with Crippen LogP contribution in [0.1, 0.15) is 48.9 Å². The van der Waals surface area contributed by atoms with Crippen molar-refractivity contribution in [1.29, 1.82) is 0 Å². The lowest BCUT2D eigenvalue weighted by atomic mass is 9.90. The fourth-order valence-electron chi connectivity index (χ4n) is 2.48. The van der Waals surface area contributed by atoms with Crippen molar-refractivity contribution in [3.05, 3.63) is 29.8 Å². The second kappa shape index (κ2) is 5.15. The minimum atomic E-state index is 0.201. The Hall–Kier alpha value is -1.31. The second-order valence-electron chi connectivity index (χ2n) is 4.64. The number of anilines is 1. The number of carbonyl (C=O) groups excluding carboxylic acids is 1. The van der Waals surface area contributed by atoms with Gasteiger partial charge in [0.05, 0.1) is 0 Å². The van der Waals surface area contributed by atoms with Crippen LogP contribution >= 0.6 is 0 Å². The molecule has 0 bridgehead atoms. The SMILES string of the molecule is Nc1ccccc1C(=O)C1CCCCCC1. The topological polar surface area (TPSA) is 43.1 Å². The van der Waals surface area contributed by atoms with Crippen molar-refractivity contribution in [2.24, 2.45) is 5.92 Å². The van der Waals surface area contributed by atoms with Gasteiger partial charge in [0.25, 0.3) is 0 Å². The zero-order valence-electron chi connectivity index (χ0n) is 9.61. The molecular formula is C14H19NO. The number of nitrogen functional groups attached to an aromatic ring is 1. The van der Waals surface area contributed by atoms with Crippen LogP contribution in [0.15, 0.2) is 24.3 Å². The van der Waals surface area contributed by atoms with E-state index in [4.69, 9.17) is 5.73 Å². The molecule has 0 saturated heterocycles. The molecule has 16 heavy (non-hydrogen) atoms. The van der Waals surface area contributed by atoms with Crippen molar-refractivity contribution in [3.63, 3.8) is 0 Å². The third-order valence-electron chi connectivity index (χ3n) is 3.45. The van der Waals surface area contributed by atoms with Crippen LogP contribution in [0.25, 0.3) is 0 Å². The van der Waals surface area contributed by atoms with E-state index in [0.29, 0.717) is 5.69 Å². The largest absolute Gasteiger partial charge is 0.398 e. The standard InChI is InChI=1S/C14H19NO/c15-13-10-6-5-9-12(13)14(16)11-7-3-1-2-4-8-11/h5-6,9-11H,1-4,7-8,15H2. The van der Waals surface area contributed by atoms with Crippen LogP contribution in [-0.2, 0) is 0 Å². The zero-order valence-corrected chi connectivity index (χ0v) is 9.61. The summed E-state index contributed by atoms with van der Waals surface area (Å²) in [6, 6.07) is 7.42. The number of Topliss-reactive ketones (excluding diaryl/α,β-unsaturated/α-hetero) is 1. The molecule has 1 aliphatic carbocycles. The Morgan fingerprint density at radius 3 is 2.31 bits per heavy atom. The van der Waals surface area contributed by atoms with Crippen LogP contribution in [0.3, 0.4) is 0 Å². The third-order valence-corrected chi connectivity index (χ3v) is 3.45. The molecule has 0 atom stereocenters. The molecule has 2 nitrogen and oxygen atoms in total. The summed E-state index contributed by atoms with van der Waals surface area (Å²) in [6.07, 6.45) is 6.98. The first-order chi connectivity index (χ1) is 7.79. The highest BCUT2D eigenvalue weighted by atomic mass is 16.1. The molecule has 86 valence electrons. The van der Waals surface area contributed by atoms with Gasteiger partial charge < -0.3 is 5.73 Å². The van der Waals surface area contributed by atoms with Crippen LogP contribution in [0.2, 0.25) is 0 Å². The molecule has 1 aromatic carbocycles. The Kier molecular flexibility index (Phi) is 3.60. The van der Waals surface area contributed by atoms with E-state index in [1.807, 2.05) is 24.3 Å². The van der Waals surface area contributed by atoms with Gasteiger partial charge in [-0.3, -0.25) is 4.79 Å². The Morgan fingerprint density at radius 2 is 1.69 bits per heavy atom. The van der Waals surface area contributed by atoms with Gasteiger partial charge in [0, 0.05) is 17.2 Å². The Morgan fingerprint density at radius 1 is 1.06 bits per heavy atom. The second-order valence-corrected chi connectivity index (χ2v) is 4.64. The van der Waals surface area contributed by atoms with Gasteiger partial charge in [-0.25, -0.2) is 0 Å². The molecule has 2 N–H and O–H groups in total. The minimum Gasteiger partial charge on any atom is -0.398 e. The predicted molar refractivity (Wildman–Crippen MR) is 66.4 cm³/mol. The van der Waals surface area contributed by atoms with E-state index in [2.05, 4.69) is 0 Å². The molecule has 2 rings (SSSR count). The maximum atomic E-state index is 12.3. The van der Waals surface area contributed by atoms with Gasteiger partial charge in [0.2, 0.25) is 0 Å². The van der Waals surface area contributed by atoms with Gasteiger partial charge in [-0.15, -0.1) is 0 Å². The highest BCUT2D eigenvalue weighted by Crippen LogP contribution is 2.27. The van der Waals surface area contributed by atoms with E-state index < -0.39 is 0 Å². The van der Waals surface area contributed by atoms with Crippen molar-refractivity contribution in [1.82, 2.24) is 0 Å². The molecule has 0 aromatic heterocycles. The summed E-state index contributed by atoms with van der Waals surface area (Å²) in [5.74, 6) is 0.451. The van der Waals surface area contributed by atoms with Crippen molar-refractivity contribution in [2.75, 3.05) is 5.73 Å². The molecule has 2 heteroatoms. The molecule has 0 amide bonds. The summed E-state index contributed by atoms with van der Waals surface area (Å²) in [7, 11) is 0.